The van der Waals surface area contributed by atoms with Gasteiger partial charge in [0.25, 0.3) is 0 Å². The van der Waals surface area contributed by atoms with E-state index in [0.29, 0.717) is 13.2 Å². The van der Waals surface area contributed by atoms with Gasteiger partial charge in [-0.05, 0) is 42.5 Å². The van der Waals surface area contributed by atoms with Gasteiger partial charge in [0.05, 0.1) is 19.3 Å². The average Bonchev–Trinajstić information content (AvgIpc) is 2.85. The summed E-state index contributed by atoms with van der Waals surface area (Å²) < 4.78 is 14.5. The molecule has 6 heteroatoms. The largest absolute Gasteiger partial charge is 0.348 e. The molecule has 0 bridgehead atoms. The Hall–Kier alpha value is -0.730. The van der Waals surface area contributed by atoms with Gasteiger partial charge < -0.3 is 9.47 Å². The van der Waals surface area contributed by atoms with E-state index in [0.717, 1.165) is 14.6 Å². The molecule has 0 aliphatic carbocycles. The lowest BCUT2D eigenvalue weighted by Gasteiger charge is -2.17. The number of hydrogen-bond donors (Lipinski definition) is 0. The number of aromatic nitrogens is 3. The molecule has 1 aliphatic rings. The summed E-state index contributed by atoms with van der Waals surface area (Å²) in [4.78, 5) is 4.31. The van der Waals surface area contributed by atoms with E-state index >= 15 is 0 Å². The Balaban J connectivity index is 1.88. The van der Waals surface area contributed by atoms with Crippen molar-refractivity contribution in [2.75, 3.05) is 6.61 Å². The maximum atomic E-state index is 5.80. The van der Waals surface area contributed by atoms with Gasteiger partial charge in [-0.15, -0.1) is 0 Å². The lowest BCUT2D eigenvalue weighted by Crippen LogP contribution is -2.24. The van der Waals surface area contributed by atoms with Crippen molar-refractivity contribution >= 4 is 33.6 Å². The van der Waals surface area contributed by atoms with Gasteiger partial charge in [0.15, 0.2) is 5.79 Å². The molecule has 1 fully saturated rings. The Morgan fingerprint density at radius 1 is 1.56 bits per heavy atom. The Morgan fingerprint density at radius 2 is 2.39 bits per heavy atom. The van der Waals surface area contributed by atoms with Crippen LogP contribution in [0.1, 0.15) is 13.8 Å². The normalized spacial score (nSPS) is 22.7. The van der Waals surface area contributed by atoms with Crippen LogP contribution in [0.5, 0.6) is 0 Å². The van der Waals surface area contributed by atoms with Gasteiger partial charge in [-0.25, -0.2) is 0 Å². The van der Waals surface area contributed by atoms with Crippen molar-refractivity contribution in [2.45, 2.75) is 32.3 Å². The predicted octanol–water partition coefficient (Wildman–Crippen LogP) is 2.19. The summed E-state index contributed by atoms with van der Waals surface area (Å²) in [5, 5.41) is 4.38. The molecule has 3 rings (SSSR count). The van der Waals surface area contributed by atoms with Gasteiger partial charge >= 0.3 is 0 Å². The highest BCUT2D eigenvalue weighted by atomic mass is 127. The minimum atomic E-state index is -0.487. The van der Waals surface area contributed by atoms with Crippen molar-refractivity contribution < 1.29 is 9.47 Å². The zero-order valence-corrected chi connectivity index (χ0v) is 12.4. The number of pyridine rings is 1. The van der Waals surface area contributed by atoms with Gasteiger partial charge in [0.1, 0.15) is 17.1 Å². The molecule has 1 unspecified atom stereocenters. The molecule has 3 heterocycles. The van der Waals surface area contributed by atoms with Crippen LogP contribution >= 0.6 is 22.6 Å². The third-order valence-corrected chi connectivity index (χ3v) is 3.80. The number of ether oxygens (including phenoxy) is 2. The van der Waals surface area contributed by atoms with Crippen molar-refractivity contribution in [1.29, 1.82) is 0 Å². The lowest BCUT2D eigenvalue weighted by atomic mass is 10.3. The molecule has 1 aliphatic heterocycles. The van der Waals surface area contributed by atoms with Gasteiger partial charge in [0, 0.05) is 9.77 Å². The molecule has 0 aromatic carbocycles. The molecule has 18 heavy (non-hydrogen) atoms. The van der Waals surface area contributed by atoms with Crippen LogP contribution in [0.25, 0.3) is 11.0 Å². The zero-order valence-electron chi connectivity index (χ0n) is 10.3. The van der Waals surface area contributed by atoms with Crippen LogP contribution in [0.3, 0.4) is 0 Å². The average molecular weight is 359 g/mol. The number of hydrogen-bond acceptors (Lipinski definition) is 4. The molecular formula is C12H14IN3O2. The topological polar surface area (TPSA) is 49.2 Å². The second kappa shape index (κ2) is 4.43. The molecule has 1 atom stereocenters. The number of fused-ring (bicyclic) bond motifs is 1. The molecule has 1 saturated heterocycles. The first-order chi connectivity index (χ1) is 8.55. The first-order valence-electron chi connectivity index (χ1n) is 5.83. The minimum Gasteiger partial charge on any atom is -0.348 e. The van der Waals surface area contributed by atoms with Crippen LogP contribution in [0.15, 0.2) is 18.5 Å². The van der Waals surface area contributed by atoms with Crippen LogP contribution in [-0.4, -0.2) is 33.3 Å². The van der Waals surface area contributed by atoms with E-state index in [1.165, 1.54) is 0 Å². The fraction of sp³-hybridized carbons (Fsp3) is 0.500. The lowest BCUT2D eigenvalue weighted by molar-refractivity contribution is -0.139. The molecule has 5 nitrogen and oxygen atoms in total. The standard InChI is InChI=1S/C12H14IN3O2/c1-12(2)17-7-8(18-12)6-16-11-9(13)3-4-14-10(11)5-15-16/h3-5,8H,6-7H2,1-2H3. The van der Waals surface area contributed by atoms with Crippen LogP contribution < -0.4 is 0 Å². The van der Waals surface area contributed by atoms with Crippen molar-refractivity contribution in [1.82, 2.24) is 14.8 Å². The molecule has 2 aromatic heterocycles. The predicted molar refractivity (Wildman–Crippen MR) is 75.1 cm³/mol. The summed E-state index contributed by atoms with van der Waals surface area (Å²) in [7, 11) is 0. The molecule has 96 valence electrons. The maximum absolute atomic E-state index is 5.80. The molecule has 0 amide bonds. The van der Waals surface area contributed by atoms with E-state index in [2.05, 4.69) is 32.7 Å². The second-order valence-electron chi connectivity index (χ2n) is 4.80. The summed E-state index contributed by atoms with van der Waals surface area (Å²) in [6, 6.07) is 1.98. The highest BCUT2D eigenvalue weighted by Crippen LogP contribution is 2.25. The van der Waals surface area contributed by atoms with Crippen molar-refractivity contribution in [2.24, 2.45) is 0 Å². The molecule has 0 saturated carbocycles. The van der Waals surface area contributed by atoms with E-state index < -0.39 is 5.79 Å². The third-order valence-electron chi connectivity index (χ3n) is 2.92. The van der Waals surface area contributed by atoms with E-state index in [9.17, 15) is 0 Å². The van der Waals surface area contributed by atoms with Gasteiger partial charge in [-0.3, -0.25) is 9.67 Å². The van der Waals surface area contributed by atoms with E-state index in [4.69, 9.17) is 9.47 Å². The minimum absolute atomic E-state index is 0.0408. The first kappa shape index (κ1) is 12.3. The smallest absolute Gasteiger partial charge is 0.163 e. The zero-order chi connectivity index (χ0) is 12.8. The molecule has 0 N–H and O–H groups in total. The van der Waals surface area contributed by atoms with Gasteiger partial charge in [-0.1, -0.05) is 0 Å². The molecular weight excluding hydrogens is 345 g/mol. The Bertz CT molecular complexity index is 582. The van der Waals surface area contributed by atoms with Gasteiger partial charge in [0.2, 0.25) is 0 Å². The summed E-state index contributed by atoms with van der Waals surface area (Å²) in [6.07, 6.45) is 3.63. The molecule has 0 spiro atoms. The van der Waals surface area contributed by atoms with Crippen molar-refractivity contribution in [3.8, 4) is 0 Å². The molecule has 2 aromatic rings. The summed E-state index contributed by atoms with van der Waals surface area (Å²) in [5.74, 6) is -0.487. The van der Waals surface area contributed by atoms with Crippen LogP contribution in [0.4, 0.5) is 0 Å². The third kappa shape index (κ3) is 2.24. The fourth-order valence-corrected chi connectivity index (χ4v) is 2.88. The molecule has 0 radical (unpaired) electrons. The van der Waals surface area contributed by atoms with Crippen molar-refractivity contribution in [3.05, 3.63) is 22.0 Å². The van der Waals surface area contributed by atoms with Gasteiger partial charge in [-0.2, -0.15) is 5.10 Å². The van der Waals surface area contributed by atoms with Crippen LogP contribution in [0, 0.1) is 3.57 Å². The second-order valence-corrected chi connectivity index (χ2v) is 5.97. The van der Waals surface area contributed by atoms with E-state index in [-0.39, 0.29) is 6.10 Å². The fourth-order valence-electron chi connectivity index (χ4n) is 2.16. The summed E-state index contributed by atoms with van der Waals surface area (Å²) in [5.41, 5.74) is 1.98. The summed E-state index contributed by atoms with van der Waals surface area (Å²) in [6.45, 7) is 5.15. The Morgan fingerprint density at radius 3 is 3.11 bits per heavy atom. The first-order valence-corrected chi connectivity index (χ1v) is 6.91. The Labute approximate surface area is 119 Å². The van der Waals surface area contributed by atoms with Crippen LogP contribution in [-0.2, 0) is 16.0 Å². The van der Waals surface area contributed by atoms with E-state index in [1.807, 2.05) is 24.6 Å². The van der Waals surface area contributed by atoms with E-state index in [1.54, 1.807) is 12.4 Å². The monoisotopic (exact) mass is 359 g/mol. The number of halogens is 1. The number of rotatable bonds is 2. The highest BCUT2D eigenvalue weighted by Gasteiger charge is 2.33. The van der Waals surface area contributed by atoms with Crippen LogP contribution in [0.2, 0.25) is 0 Å². The SMILES string of the molecule is CC1(C)OCC(Cn2ncc3nccc(I)c32)O1. The highest BCUT2D eigenvalue weighted by molar-refractivity contribution is 14.1. The summed E-state index contributed by atoms with van der Waals surface area (Å²) >= 11 is 2.30. The quantitative estimate of drug-likeness (QED) is 0.772. The van der Waals surface area contributed by atoms with Crippen molar-refractivity contribution in [3.63, 3.8) is 0 Å². The maximum Gasteiger partial charge on any atom is 0.163 e. The Kier molecular flexibility index (Phi) is 3.03. The number of nitrogens with zero attached hydrogens (tertiary/aromatic N) is 3.